The minimum Gasteiger partial charge on any atom is -0.491 e. The van der Waals surface area contributed by atoms with Gasteiger partial charge < -0.3 is 15.2 Å². The maximum atomic E-state index is 9.87. The zero-order valence-corrected chi connectivity index (χ0v) is 14.7. The van der Waals surface area contributed by atoms with Crippen molar-refractivity contribution in [1.82, 2.24) is 5.32 Å². The quantitative estimate of drug-likeness (QED) is 0.715. The van der Waals surface area contributed by atoms with Gasteiger partial charge in [-0.05, 0) is 45.6 Å². The fourth-order valence-corrected chi connectivity index (χ4v) is 3.45. The molecule has 3 nitrogen and oxygen atoms in total. The van der Waals surface area contributed by atoms with Gasteiger partial charge in [-0.1, -0.05) is 22.0 Å². The third-order valence-electron chi connectivity index (χ3n) is 2.60. The predicted octanol–water partition coefficient (Wildman–Crippen LogP) is 3.80. The van der Waals surface area contributed by atoms with Gasteiger partial charge in [-0.15, -0.1) is 11.3 Å². The van der Waals surface area contributed by atoms with E-state index in [1.54, 1.807) is 11.3 Å². The maximum absolute atomic E-state index is 9.87. The number of benzene rings is 1. The van der Waals surface area contributed by atoms with Crippen LogP contribution in [0, 0.1) is 0 Å². The molecule has 0 saturated carbocycles. The molecule has 2 N–H and O–H groups in total. The Morgan fingerprint density at radius 2 is 2.15 bits per heavy atom. The molecular formula is C14H15Br2NO2S. The Hall–Kier alpha value is -0.400. The Morgan fingerprint density at radius 3 is 2.85 bits per heavy atom. The molecule has 20 heavy (non-hydrogen) atoms. The van der Waals surface area contributed by atoms with E-state index >= 15 is 0 Å². The molecule has 0 spiro atoms. The summed E-state index contributed by atoms with van der Waals surface area (Å²) in [6, 6.07) is 9.60. The summed E-state index contributed by atoms with van der Waals surface area (Å²) >= 11 is 8.55. The minimum atomic E-state index is -0.535. The molecule has 1 atom stereocenters. The first kappa shape index (κ1) is 16.0. The number of hydrogen-bond donors (Lipinski definition) is 2. The maximum Gasteiger partial charge on any atom is 0.120 e. The van der Waals surface area contributed by atoms with Gasteiger partial charge in [0.25, 0.3) is 0 Å². The Bertz CT molecular complexity index is 547. The Kier molecular flexibility index (Phi) is 6.51. The molecule has 1 aromatic heterocycles. The summed E-state index contributed by atoms with van der Waals surface area (Å²) in [5, 5.41) is 15.1. The zero-order valence-electron chi connectivity index (χ0n) is 10.7. The van der Waals surface area contributed by atoms with Crippen LogP contribution in [0.5, 0.6) is 5.75 Å². The van der Waals surface area contributed by atoms with Gasteiger partial charge in [0.1, 0.15) is 18.5 Å². The summed E-state index contributed by atoms with van der Waals surface area (Å²) in [6.45, 7) is 1.51. The molecule has 6 heteroatoms. The summed E-state index contributed by atoms with van der Waals surface area (Å²) in [4.78, 5) is 1.23. The van der Waals surface area contributed by atoms with Gasteiger partial charge in [0, 0.05) is 26.9 Å². The fourth-order valence-electron chi connectivity index (χ4n) is 1.61. The van der Waals surface area contributed by atoms with E-state index in [9.17, 15) is 5.11 Å². The standard InChI is InChI=1S/C14H15Br2NO2S/c15-10-2-1-3-12(6-10)19-9-11(18)7-17-8-14-13(16)4-5-20-14/h1-6,11,17-18H,7-9H2. The third-order valence-corrected chi connectivity index (χ3v) is 5.01. The van der Waals surface area contributed by atoms with Crippen molar-refractivity contribution in [2.24, 2.45) is 0 Å². The zero-order chi connectivity index (χ0) is 14.4. The Balaban J connectivity index is 1.68. The lowest BCUT2D eigenvalue weighted by atomic mass is 10.3. The highest BCUT2D eigenvalue weighted by Gasteiger charge is 2.06. The van der Waals surface area contributed by atoms with Gasteiger partial charge in [0.2, 0.25) is 0 Å². The summed E-state index contributed by atoms with van der Waals surface area (Å²) in [7, 11) is 0. The highest BCUT2D eigenvalue weighted by atomic mass is 79.9. The number of ether oxygens (including phenoxy) is 1. The van der Waals surface area contributed by atoms with Gasteiger partial charge in [-0.25, -0.2) is 0 Å². The van der Waals surface area contributed by atoms with Crippen LogP contribution in [0.3, 0.4) is 0 Å². The van der Waals surface area contributed by atoms with Gasteiger partial charge in [-0.2, -0.15) is 0 Å². The second-order valence-corrected chi connectivity index (χ2v) is 7.02. The van der Waals surface area contributed by atoms with E-state index in [1.807, 2.05) is 35.7 Å². The average Bonchev–Trinajstić information content (AvgIpc) is 2.82. The average molecular weight is 421 g/mol. The molecule has 1 heterocycles. The lowest BCUT2D eigenvalue weighted by Gasteiger charge is -2.13. The minimum absolute atomic E-state index is 0.273. The molecule has 0 aliphatic rings. The topological polar surface area (TPSA) is 41.5 Å². The molecular weight excluding hydrogens is 406 g/mol. The number of rotatable bonds is 7. The summed E-state index contributed by atoms with van der Waals surface area (Å²) in [5.74, 6) is 0.749. The fraction of sp³-hybridized carbons (Fsp3) is 0.286. The number of hydrogen-bond acceptors (Lipinski definition) is 4. The van der Waals surface area contributed by atoms with Gasteiger partial charge >= 0.3 is 0 Å². The highest BCUT2D eigenvalue weighted by molar-refractivity contribution is 9.10. The van der Waals surface area contributed by atoms with Crippen molar-refractivity contribution in [1.29, 1.82) is 0 Å². The van der Waals surface area contributed by atoms with E-state index < -0.39 is 6.10 Å². The van der Waals surface area contributed by atoms with Crippen LogP contribution in [0.2, 0.25) is 0 Å². The lowest BCUT2D eigenvalue weighted by Crippen LogP contribution is -2.31. The Labute approximate surface area is 139 Å². The van der Waals surface area contributed by atoms with Gasteiger partial charge in [0.15, 0.2) is 0 Å². The normalized spacial score (nSPS) is 12.3. The van der Waals surface area contributed by atoms with Crippen molar-refractivity contribution in [3.05, 3.63) is 49.5 Å². The molecule has 0 fully saturated rings. The largest absolute Gasteiger partial charge is 0.491 e. The first-order valence-corrected chi connectivity index (χ1v) is 8.60. The van der Waals surface area contributed by atoms with Crippen LogP contribution in [0.15, 0.2) is 44.7 Å². The molecule has 2 rings (SSSR count). The number of nitrogens with one attached hydrogen (secondary N) is 1. The smallest absolute Gasteiger partial charge is 0.120 e. The van der Waals surface area contributed by atoms with E-state index in [-0.39, 0.29) is 6.61 Å². The van der Waals surface area contributed by atoms with E-state index in [0.29, 0.717) is 6.54 Å². The first-order valence-electron chi connectivity index (χ1n) is 6.14. The molecule has 0 aliphatic carbocycles. The van der Waals surface area contributed by atoms with Crippen LogP contribution in [0.1, 0.15) is 4.88 Å². The SMILES string of the molecule is OC(CNCc1sccc1Br)COc1cccc(Br)c1. The number of aliphatic hydroxyl groups is 1. The number of aliphatic hydroxyl groups excluding tert-OH is 1. The van der Waals surface area contributed by atoms with Crippen LogP contribution < -0.4 is 10.1 Å². The highest BCUT2D eigenvalue weighted by Crippen LogP contribution is 2.22. The second-order valence-electron chi connectivity index (χ2n) is 4.24. The van der Waals surface area contributed by atoms with Crippen molar-refractivity contribution in [2.75, 3.05) is 13.2 Å². The molecule has 2 aromatic rings. The number of halogens is 2. The second kappa shape index (κ2) is 8.14. The summed E-state index contributed by atoms with van der Waals surface area (Å²) in [5.41, 5.74) is 0. The van der Waals surface area contributed by atoms with Crippen molar-refractivity contribution in [3.63, 3.8) is 0 Å². The van der Waals surface area contributed by atoms with Crippen molar-refractivity contribution in [3.8, 4) is 5.75 Å². The molecule has 0 saturated heterocycles. The Morgan fingerprint density at radius 1 is 1.30 bits per heavy atom. The van der Waals surface area contributed by atoms with Crippen molar-refractivity contribution >= 4 is 43.2 Å². The van der Waals surface area contributed by atoms with E-state index in [1.165, 1.54) is 4.88 Å². The van der Waals surface area contributed by atoms with Crippen molar-refractivity contribution < 1.29 is 9.84 Å². The van der Waals surface area contributed by atoms with Gasteiger partial charge in [-0.3, -0.25) is 0 Å². The van der Waals surface area contributed by atoms with E-state index in [0.717, 1.165) is 21.2 Å². The molecule has 108 valence electrons. The number of thiophene rings is 1. The monoisotopic (exact) mass is 419 g/mol. The third kappa shape index (κ3) is 5.18. The van der Waals surface area contributed by atoms with E-state index in [4.69, 9.17) is 4.74 Å². The molecule has 1 unspecified atom stereocenters. The molecule has 0 aliphatic heterocycles. The van der Waals surface area contributed by atoms with Crippen molar-refractivity contribution in [2.45, 2.75) is 12.6 Å². The van der Waals surface area contributed by atoms with E-state index in [2.05, 4.69) is 37.2 Å². The molecule has 0 amide bonds. The molecule has 0 bridgehead atoms. The lowest BCUT2D eigenvalue weighted by molar-refractivity contribution is 0.106. The van der Waals surface area contributed by atoms with Crippen LogP contribution in [-0.2, 0) is 6.54 Å². The summed E-state index contributed by atoms with van der Waals surface area (Å²) in [6.07, 6.45) is -0.535. The van der Waals surface area contributed by atoms with Crippen LogP contribution in [0.4, 0.5) is 0 Å². The molecule has 1 aromatic carbocycles. The van der Waals surface area contributed by atoms with Crippen LogP contribution >= 0.6 is 43.2 Å². The van der Waals surface area contributed by atoms with Crippen LogP contribution in [-0.4, -0.2) is 24.4 Å². The van der Waals surface area contributed by atoms with Crippen LogP contribution in [0.25, 0.3) is 0 Å². The summed E-state index contributed by atoms with van der Waals surface area (Å²) < 4.78 is 7.60. The molecule has 0 radical (unpaired) electrons. The first-order chi connectivity index (χ1) is 9.65. The predicted molar refractivity (Wildman–Crippen MR) is 89.4 cm³/mol. The van der Waals surface area contributed by atoms with Gasteiger partial charge in [0.05, 0.1) is 0 Å².